The molecule has 2 unspecified atom stereocenters. The van der Waals surface area contributed by atoms with Gasteiger partial charge in [-0.1, -0.05) is 35.5 Å². The van der Waals surface area contributed by atoms with Crippen LogP contribution in [0.4, 0.5) is 10.5 Å². The first-order valence-corrected chi connectivity index (χ1v) is 9.15. The summed E-state index contributed by atoms with van der Waals surface area (Å²) in [6.07, 6.45) is 3.68. The number of nitrogens with zero attached hydrogens (tertiary/aromatic N) is 5. The van der Waals surface area contributed by atoms with Crippen molar-refractivity contribution in [1.82, 2.24) is 20.0 Å². The fourth-order valence-corrected chi connectivity index (χ4v) is 3.45. The SMILES string of the molecule is CC1=NOC(C)C1Cn1cc(N2CNCN(Cc3ccccc3)C2=O)cn1. The zero-order chi connectivity index (χ0) is 18.8. The fourth-order valence-electron chi connectivity index (χ4n) is 3.45. The van der Waals surface area contributed by atoms with Gasteiger partial charge in [0, 0.05) is 12.7 Å². The molecule has 0 spiro atoms. The average Bonchev–Trinajstić information content (AvgIpc) is 3.26. The highest BCUT2D eigenvalue weighted by Gasteiger charge is 2.30. The summed E-state index contributed by atoms with van der Waals surface area (Å²) in [7, 11) is 0. The predicted molar refractivity (Wildman–Crippen MR) is 102 cm³/mol. The van der Waals surface area contributed by atoms with Gasteiger partial charge < -0.3 is 9.74 Å². The van der Waals surface area contributed by atoms with Gasteiger partial charge in [0.2, 0.25) is 0 Å². The monoisotopic (exact) mass is 368 g/mol. The summed E-state index contributed by atoms with van der Waals surface area (Å²) in [4.78, 5) is 21.8. The third-order valence-corrected chi connectivity index (χ3v) is 5.07. The summed E-state index contributed by atoms with van der Waals surface area (Å²) >= 11 is 0. The number of benzene rings is 1. The number of aromatic nitrogens is 2. The molecular formula is C19H24N6O2. The Bertz CT molecular complexity index is 834. The molecule has 27 heavy (non-hydrogen) atoms. The molecule has 142 valence electrons. The van der Waals surface area contributed by atoms with Crippen molar-refractivity contribution < 1.29 is 9.63 Å². The summed E-state index contributed by atoms with van der Waals surface area (Å²) in [5, 5.41) is 11.8. The molecule has 2 aliphatic rings. The second-order valence-corrected chi connectivity index (χ2v) is 7.03. The van der Waals surface area contributed by atoms with Gasteiger partial charge in [-0.3, -0.25) is 14.9 Å². The molecule has 0 aliphatic carbocycles. The smallest absolute Gasteiger partial charge is 0.327 e. The molecule has 2 amide bonds. The third-order valence-electron chi connectivity index (χ3n) is 5.07. The molecule has 3 heterocycles. The van der Waals surface area contributed by atoms with Crippen molar-refractivity contribution in [2.24, 2.45) is 11.1 Å². The van der Waals surface area contributed by atoms with E-state index in [1.807, 2.05) is 55.1 Å². The first-order valence-electron chi connectivity index (χ1n) is 9.15. The fraction of sp³-hybridized carbons (Fsp3) is 0.421. The lowest BCUT2D eigenvalue weighted by Gasteiger charge is -2.35. The molecule has 8 nitrogen and oxygen atoms in total. The first-order chi connectivity index (χ1) is 13.1. The molecule has 2 atom stereocenters. The Kier molecular flexibility index (Phi) is 4.81. The summed E-state index contributed by atoms with van der Waals surface area (Å²) in [5.74, 6) is 0.197. The molecule has 4 rings (SSSR count). The van der Waals surface area contributed by atoms with Gasteiger partial charge in [-0.05, 0) is 19.4 Å². The van der Waals surface area contributed by atoms with Crippen LogP contribution in [-0.4, -0.2) is 45.9 Å². The summed E-state index contributed by atoms with van der Waals surface area (Å²) in [6, 6.07) is 9.98. The van der Waals surface area contributed by atoms with E-state index in [-0.39, 0.29) is 18.1 Å². The Morgan fingerprint density at radius 3 is 2.81 bits per heavy atom. The molecule has 2 aliphatic heterocycles. The number of oxime groups is 1. The quantitative estimate of drug-likeness (QED) is 0.878. The lowest BCUT2D eigenvalue weighted by atomic mass is 10.00. The number of carbonyl (C=O) groups is 1. The highest BCUT2D eigenvalue weighted by molar-refractivity contribution is 5.92. The highest BCUT2D eigenvalue weighted by Crippen LogP contribution is 2.22. The van der Waals surface area contributed by atoms with Crippen molar-refractivity contribution in [3.63, 3.8) is 0 Å². The number of hydrogen-bond donors (Lipinski definition) is 1. The lowest BCUT2D eigenvalue weighted by molar-refractivity contribution is 0.0712. The molecule has 1 N–H and O–H groups in total. The van der Waals surface area contributed by atoms with Crippen LogP contribution in [0.15, 0.2) is 47.9 Å². The van der Waals surface area contributed by atoms with Gasteiger partial charge in [0.05, 0.1) is 43.4 Å². The zero-order valence-corrected chi connectivity index (χ0v) is 15.6. The van der Waals surface area contributed by atoms with E-state index < -0.39 is 0 Å². The van der Waals surface area contributed by atoms with Crippen LogP contribution in [0.25, 0.3) is 0 Å². The van der Waals surface area contributed by atoms with Gasteiger partial charge in [-0.25, -0.2) is 4.79 Å². The predicted octanol–water partition coefficient (Wildman–Crippen LogP) is 2.24. The number of anilines is 1. The Morgan fingerprint density at radius 2 is 2.07 bits per heavy atom. The summed E-state index contributed by atoms with van der Waals surface area (Å²) < 4.78 is 1.85. The number of urea groups is 1. The average molecular weight is 368 g/mol. The normalized spacial score (nSPS) is 22.7. The van der Waals surface area contributed by atoms with E-state index in [0.29, 0.717) is 26.4 Å². The maximum absolute atomic E-state index is 12.9. The minimum absolute atomic E-state index is 0.0209. The third kappa shape index (κ3) is 3.66. The molecule has 1 aromatic heterocycles. The Labute approximate surface area is 158 Å². The highest BCUT2D eigenvalue weighted by atomic mass is 16.6. The van der Waals surface area contributed by atoms with Gasteiger partial charge in [-0.15, -0.1) is 0 Å². The number of amides is 2. The van der Waals surface area contributed by atoms with Crippen LogP contribution in [0, 0.1) is 5.92 Å². The van der Waals surface area contributed by atoms with Crippen LogP contribution < -0.4 is 10.2 Å². The Morgan fingerprint density at radius 1 is 1.26 bits per heavy atom. The van der Waals surface area contributed by atoms with E-state index in [1.165, 1.54) is 0 Å². The molecule has 1 aromatic carbocycles. The number of nitrogens with one attached hydrogen (secondary N) is 1. The molecular weight excluding hydrogens is 344 g/mol. The number of rotatable bonds is 5. The maximum atomic E-state index is 12.9. The van der Waals surface area contributed by atoms with E-state index in [2.05, 4.69) is 15.6 Å². The van der Waals surface area contributed by atoms with Gasteiger partial charge >= 0.3 is 6.03 Å². The van der Waals surface area contributed by atoms with Crippen LogP contribution in [0.1, 0.15) is 19.4 Å². The van der Waals surface area contributed by atoms with Gasteiger partial charge in [0.15, 0.2) is 0 Å². The van der Waals surface area contributed by atoms with Crippen molar-refractivity contribution in [2.45, 2.75) is 33.0 Å². The number of carbonyl (C=O) groups excluding carboxylic acids is 1. The summed E-state index contributed by atoms with van der Waals surface area (Å²) in [6.45, 7) is 6.24. The van der Waals surface area contributed by atoms with Crippen LogP contribution in [0.2, 0.25) is 0 Å². The zero-order valence-electron chi connectivity index (χ0n) is 15.6. The summed E-state index contributed by atoms with van der Waals surface area (Å²) in [5.41, 5.74) is 2.87. The molecule has 0 radical (unpaired) electrons. The van der Waals surface area contributed by atoms with Gasteiger partial charge in [0.25, 0.3) is 0 Å². The minimum Gasteiger partial charge on any atom is -0.392 e. The Balaban J connectivity index is 1.44. The maximum Gasteiger partial charge on any atom is 0.327 e. The van der Waals surface area contributed by atoms with Crippen molar-refractivity contribution in [1.29, 1.82) is 0 Å². The van der Waals surface area contributed by atoms with Crippen molar-refractivity contribution >= 4 is 17.4 Å². The van der Waals surface area contributed by atoms with E-state index in [9.17, 15) is 4.79 Å². The van der Waals surface area contributed by atoms with Gasteiger partial charge in [-0.2, -0.15) is 5.10 Å². The number of hydrogen-bond acceptors (Lipinski definition) is 5. The minimum atomic E-state index is -0.0209. The second kappa shape index (κ2) is 7.40. The molecule has 1 fully saturated rings. The molecule has 2 aromatic rings. The van der Waals surface area contributed by atoms with Gasteiger partial charge in [0.1, 0.15) is 6.10 Å². The van der Waals surface area contributed by atoms with Crippen molar-refractivity contribution in [3.05, 3.63) is 48.3 Å². The van der Waals surface area contributed by atoms with Crippen LogP contribution >= 0.6 is 0 Å². The molecule has 0 bridgehead atoms. The van der Waals surface area contributed by atoms with Crippen molar-refractivity contribution in [3.8, 4) is 0 Å². The molecule has 8 heteroatoms. The topological polar surface area (TPSA) is 75.0 Å². The molecule has 0 saturated carbocycles. The van der Waals surface area contributed by atoms with E-state index in [4.69, 9.17) is 4.84 Å². The lowest BCUT2D eigenvalue weighted by Crippen LogP contribution is -2.56. The van der Waals surface area contributed by atoms with Crippen LogP contribution in [0.3, 0.4) is 0 Å². The largest absolute Gasteiger partial charge is 0.392 e. The standard InChI is InChI=1S/C19H24N6O2/c1-14-18(15(2)27-22-14)11-24-10-17(8-21-24)25-13-20-12-23(19(25)26)9-16-6-4-3-5-7-16/h3-8,10,15,18,20H,9,11-13H2,1-2H3. The Hall–Kier alpha value is -2.87. The second-order valence-electron chi connectivity index (χ2n) is 7.03. The van der Waals surface area contributed by atoms with Crippen LogP contribution in [0.5, 0.6) is 0 Å². The van der Waals surface area contributed by atoms with Crippen LogP contribution in [-0.2, 0) is 17.9 Å². The van der Waals surface area contributed by atoms with E-state index >= 15 is 0 Å². The molecule has 1 saturated heterocycles. The van der Waals surface area contributed by atoms with E-state index in [1.54, 1.807) is 16.0 Å². The first kappa shape index (κ1) is 17.5. The van der Waals surface area contributed by atoms with E-state index in [0.717, 1.165) is 17.0 Å². The van der Waals surface area contributed by atoms with Crippen molar-refractivity contribution in [2.75, 3.05) is 18.2 Å².